The summed E-state index contributed by atoms with van der Waals surface area (Å²) in [6.45, 7) is 1.81. The number of esters is 1. The fourth-order valence-corrected chi connectivity index (χ4v) is 1.43. The molecule has 0 bridgehead atoms. The van der Waals surface area contributed by atoms with E-state index in [1.165, 1.54) is 6.07 Å². The number of carbonyl (C=O) groups is 1. The Balaban J connectivity index is 2.22. The number of rotatable bonds is 2. The number of hydrogen-bond donors (Lipinski definition) is 1. The summed E-state index contributed by atoms with van der Waals surface area (Å²) in [6, 6.07) is 13.4. The molecule has 0 aromatic heterocycles. The SMILES string of the molecule is Cc1ccc(O)cc1OC(=O)c1ccccc1. The van der Waals surface area contributed by atoms with Crippen molar-refractivity contribution in [1.29, 1.82) is 0 Å². The smallest absolute Gasteiger partial charge is 0.343 e. The van der Waals surface area contributed by atoms with Gasteiger partial charge in [0.1, 0.15) is 11.5 Å². The first-order valence-electron chi connectivity index (χ1n) is 5.23. The minimum Gasteiger partial charge on any atom is -0.508 e. The summed E-state index contributed by atoms with van der Waals surface area (Å²) in [5, 5.41) is 9.33. The maximum absolute atomic E-state index is 11.8. The molecule has 0 aliphatic carbocycles. The predicted octanol–water partition coefficient (Wildman–Crippen LogP) is 2.92. The molecule has 0 aliphatic heterocycles. The first kappa shape index (κ1) is 11.2. The van der Waals surface area contributed by atoms with E-state index in [0.29, 0.717) is 11.3 Å². The monoisotopic (exact) mass is 228 g/mol. The van der Waals surface area contributed by atoms with Crippen LogP contribution < -0.4 is 4.74 Å². The molecule has 0 aliphatic rings. The molecule has 0 saturated heterocycles. The van der Waals surface area contributed by atoms with E-state index in [-0.39, 0.29) is 5.75 Å². The lowest BCUT2D eigenvalue weighted by Crippen LogP contribution is -2.08. The molecule has 2 rings (SSSR count). The summed E-state index contributed by atoms with van der Waals surface area (Å²) in [6.07, 6.45) is 0. The fraction of sp³-hybridized carbons (Fsp3) is 0.0714. The van der Waals surface area contributed by atoms with Crippen molar-refractivity contribution < 1.29 is 14.6 Å². The van der Waals surface area contributed by atoms with E-state index >= 15 is 0 Å². The summed E-state index contributed by atoms with van der Waals surface area (Å²) in [5.41, 5.74) is 1.28. The van der Waals surface area contributed by atoms with Crippen LogP contribution in [0.25, 0.3) is 0 Å². The van der Waals surface area contributed by atoms with Crippen molar-refractivity contribution in [3.05, 3.63) is 59.7 Å². The van der Waals surface area contributed by atoms with Gasteiger partial charge in [-0.05, 0) is 30.7 Å². The van der Waals surface area contributed by atoms with Crippen LogP contribution in [0.3, 0.4) is 0 Å². The number of ether oxygens (including phenoxy) is 1. The minimum atomic E-state index is -0.431. The molecule has 3 heteroatoms. The molecule has 0 unspecified atom stereocenters. The number of aryl methyl sites for hydroxylation is 1. The third-order valence-corrected chi connectivity index (χ3v) is 2.38. The Kier molecular flexibility index (Phi) is 3.10. The average Bonchev–Trinajstić information content (AvgIpc) is 2.35. The van der Waals surface area contributed by atoms with Gasteiger partial charge in [0.25, 0.3) is 0 Å². The summed E-state index contributed by atoms with van der Waals surface area (Å²) < 4.78 is 5.21. The minimum absolute atomic E-state index is 0.0754. The van der Waals surface area contributed by atoms with Gasteiger partial charge >= 0.3 is 5.97 Å². The van der Waals surface area contributed by atoms with Gasteiger partial charge in [-0.3, -0.25) is 0 Å². The molecule has 86 valence electrons. The molecule has 1 N–H and O–H groups in total. The molecular formula is C14H12O3. The Morgan fingerprint density at radius 2 is 1.82 bits per heavy atom. The quantitative estimate of drug-likeness (QED) is 0.635. The highest BCUT2D eigenvalue weighted by Gasteiger charge is 2.09. The maximum atomic E-state index is 11.8. The number of phenolic OH excluding ortho intramolecular Hbond substituents is 1. The Labute approximate surface area is 99.3 Å². The predicted molar refractivity (Wildman–Crippen MR) is 64.2 cm³/mol. The Bertz CT molecular complexity index is 532. The van der Waals surface area contributed by atoms with Crippen LogP contribution in [-0.4, -0.2) is 11.1 Å². The van der Waals surface area contributed by atoms with Crippen LogP contribution in [0.15, 0.2) is 48.5 Å². The van der Waals surface area contributed by atoms with Gasteiger partial charge < -0.3 is 9.84 Å². The van der Waals surface area contributed by atoms with E-state index in [0.717, 1.165) is 5.56 Å². The van der Waals surface area contributed by atoms with Crippen molar-refractivity contribution in [2.75, 3.05) is 0 Å². The van der Waals surface area contributed by atoms with Gasteiger partial charge in [0.05, 0.1) is 5.56 Å². The highest BCUT2D eigenvalue weighted by Crippen LogP contribution is 2.23. The molecule has 0 fully saturated rings. The van der Waals surface area contributed by atoms with Gasteiger partial charge in [0.2, 0.25) is 0 Å². The molecule has 2 aromatic carbocycles. The van der Waals surface area contributed by atoms with Gasteiger partial charge in [0, 0.05) is 6.07 Å². The summed E-state index contributed by atoms with van der Waals surface area (Å²) >= 11 is 0. The number of hydrogen-bond acceptors (Lipinski definition) is 3. The highest BCUT2D eigenvalue weighted by atomic mass is 16.5. The van der Waals surface area contributed by atoms with E-state index in [1.807, 2.05) is 13.0 Å². The molecule has 0 radical (unpaired) electrons. The van der Waals surface area contributed by atoms with Crippen LogP contribution >= 0.6 is 0 Å². The lowest BCUT2D eigenvalue weighted by atomic mass is 10.2. The van der Waals surface area contributed by atoms with Crippen LogP contribution in [0.1, 0.15) is 15.9 Å². The lowest BCUT2D eigenvalue weighted by molar-refractivity contribution is 0.0733. The van der Waals surface area contributed by atoms with E-state index in [4.69, 9.17) is 4.74 Å². The number of benzene rings is 2. The largest absolute Gasteiger partial charge is 0.508 e. The van der Waals surface area contributed by atoms with E-state index in [1.54, 1.807) is 36.4 Å². The average molecular weight is 228 g/mol. The zero-order valence-electron chi connectivity index (χ0n) is 9.38. The zero-order chi connectivity index (χ0) is 12.3. The Hall–Kier alpha value is -2.29. The summed E-state index contributed by atoms with van der Waals surface area (Å²) in [7, 11) is 0. The van der Waals surface area contributed by atoms with Crippen molar-refractivity contribution >= 4 is 5.97 Å². The number of aromatic hydroxyl groups is 1. The molecule has 0 atom stereocenters. The van der Waals surface area contributed by atoms with Crippen molar-refractivity contribution in [3.8, 4) is 11.5 Å². The second-order valence-corrected chi connectivity index (χ2v) is 3.71. The van der Waals surface area contributed by atoms with Gasteiger partial charge in [-0.2, -0.15) is 0 Å². The second kappa shape index (κ2) is 4.70. The van der Waals surface area contributed by atoms with Crippen LogP contribution in [-0.2, 0) is 0 Å². The van der Waals surface area contributed by atoms with Crippen molar-refractivity contribution in [1.82, 2.24) is 0 Å². The molecule has 0 saturated carbocycles. The Morgan fingerprint density at radius 1 is 1.12 bits per heavy atom. The standard InChI is InChI=1S/C14H12O3/c1-10-7-8-12(15)9-13(10)17-14(16)11-5-3-2-4-6-11/h2-9,15H,1H3. The molecule has 0 spiro atoms. The van der Waals surface area contributed by atoms with Crippen molar-refractivity contribution in [2.24, 2.45) is 0 Å². The second-order valence-electron chi connectivity index (χ2n) is 3.71. The summed E-state index contributed by atoms with van der Waals surface area (Å²) in [4.78, 5) is 11.8. The third-order valence-electron chi connectivity index (χ3n) is 2.38. The van der Waals surface area contributed by atoms with Crippen LogP contribution in [0.4, 0.5) is 0 Å². The van der Waals surface area contributed by atoms with E-state index in [9.17, 15) is 9.90 Å². The zero-order valence-corrected chi connectivity index (χ0v) is 9.38. The van der Waals surface area contributed by atoms with Crippen LogP contribution in [0.2, 0.25) is 0 Å². The third kappa shape index (κ3) is 2.64. The summed E-state index contributed by atoms with van der Waals surface area (Å²) in [5.74, 6) is 0.0182. The fourth-order valence-electron chi connectivity index (χ4n) is 1.43. The molecule has 2 aromatic rings. The van der Waals surface area contributed by atoms with Gasteiger partial charge in [-0.15, -0.1) is 0 Å². The molecule has 3 nitrogen and oxygen atoms in total. The van der Waals surface area contributed by atoms with E-state index < -0.39 is 5.97 Å². The normalized spacial score (nSPS) is 9.94. The van der Waals surface area contributed by atoms with Crippen LogP contribution in [0, 0.1) is 6.92 Å². The Morgan fingerprint density at radius 3 is 2.53 bits per heavy atom. The van der Waals surface area contributed by atoms with Gasteiger partial charge in [-0.1, -0.05) is 24.3 Å². The van der Waals surface area contributed by atoms with Crippen molar-refractivity contribution in [2.45, 2.75) is 6.92 Å². The van der Waals surface area contributed by atoms with Crippen LogP contribution in [0.5, 0.6) is 11.5 Å². The van der Waals surface area contributed by atoms with Crippen molar-refractivity contribution in [3.63, 3.8) is 0 Å². The lowest BCUT2D eigenvalue weighted by Gasteiger charge is -2.07. The van der Waals surface area contributed by atoms with Gasteiger partial charge in [0.15, 0.2) is 0 Å². The topological polar surface area (TPSA) is 46.5 Å². The first-order chi connectivity index (χ1) is 8.16. The first-order valence-corrected chi connectivity index (χ1v) is 5.23. The highest BCUT2D eigenvalue weighted by molar-refractivity contribution is 5.91. The maximum Gasteiger partial charge on any atom is 0.343 e. The molecule has 0 heterocycles. The van der Waals surface area contributed by atoms with E-state index in [2.05, 4.69) is 0 Å². The molecule has 0 amide bonds. The molecule has 17 heavy (non-hydrogen) atoms. The number of phenols is 1. The number of carbonyl (C=O) groups excluding carboxylic acids is 1. The molecular weight excluding hydrogens is 216 g/mol. The van der Waals surface area contributed by atoms with Gasteiger partial charge in [-0.25, -0.2) is 4.79 Å².